The van der Waals surface area contributed by atoms with Crippen LogP contribution in [0.1, 0.15) is 28.8 Å². The van der Waals surface area contributed by atoms with E-state index in [1.54, 1.807) is 4.90 Å². The van der Waals surface area contributed by atoms with Crippen molar-refractivity contribution in [3.05, 3.63) is 68.5 Å². The van der Waals surface area contributed by atoms with Gasteiger partial charge in [0.2, 0.25) is 5.91 Å². The van der Waals surface area contributed by atoms with Gasteiger partial charge in [0, 0.05) is 26.3 Å². The number of hydrogen-bond acceptors (Lipinski definition) is 4. The number of aryl methyl sites for hydroxylation is 1. The van der Waals surface area contributed by atoms with Crippen molar-refractivity contribution in [2.24, 2.45) is 13.0 Å². The monoisotopic (exact) mass is 384 g/mol. The van der Waals surface area contributed by atoms with Gasteiger partial charge in [0.25, 0.3) is 11.5 Å². The SMILES string of the molecule is Cn1cc(C(=O)NCC(=O)N2CCC(Cc3ccccc3)CC2)c(=O)[nH]c1=O. The molecule has 2 heterocycles. The Labute approximate surface area is 162 Å². The zero-order valence-electron chi connectivity index (χ0n) is 15.8. The molecular weight excluding hydrogens is 360 g/mol. The van der Waals surface area contributed by atoms with E-state index >= 15 is 0 Å². The maximum Gasteiger partial charge on any atom is 0.328 e. The topological polar surface area (TPSA) is 104 Å². The Morgan fingerprint density at radius 1 is 1.14 bits per heavy atom. The van der Waals surface area contributed by atoms with Gasteiger partial charge in [0.15, 0.2) is 0 Å². The van der Waals surface area contributed by atoms with Crippen LogP contribution in [-0.2, 0) is 18.3 Å². The number of amides is 2. The molecule has 28 heavy (non-hydrogen) atoms. The fourth-order valence-electron chi connectivity index (χ4n) is 3.42. The molecule has 8 heteroatoms. The summed E-state index contributed by atoms with van der Waals surface area (Å²) < 4.78 is 1.11. The largest absolute Gasteiger partial charge is 0.343 e. The minimum Gasteiger partial charge on any atom is -0.343 e. The van der Waals surface area contributed by atoms with Crippen molar-refractivity contribution in [1.82, 2.24) is 19.8 Å². The highest BCUT2D eigenvalue weighted by atomic mass is 16.2. The molecule has 2 amide bonds. The van der Waals surface area contributed by atoms with Gasteiger partial charge in [-0.05, 0) is 30.7 Å². The average molecular weight is 384 g/mol. The van der Waals surface area contributed by atoms with Crippen LogP contribution in [0.15, 0.2) is 46.1 Å². The van der Waals surface area contributed by atoms with Crippen molar-refractivity contribution in [3.8, 4) is 0 Å². The molecular formula is C20H24N4O4. The second-order valence-corrected chi connectivity index (χ2v) is 7.11. The first-order chi connectivity index (χ1) is 13.4. The minimum absolute atomic E-state index is 0.173. The minimum atomic E-state index is -0.769. The molecule has 0 radical (unpaired) electrons. The van der Waals surface area contributed by atoms with Crippen molar-refractivity contribution in [3.63, 3.8) is 0 Å². The predicted octanol–water partition coefficient (Wildman–Crippen LogP) is 0.285. The van der Waals surface area contributed by atoms with Gasteiger partial charge in [-0.2, -0.15) is 0 Å². The van der Waals surface area contributed by atoms with E-state index in [1.807, 2.05) is 18.2 Å². The second-order valence-electron chi connectivity index (χ2n) is 7.11. The van der Waals surface area contributed by atoms with Crippen molar-refractivity contribution in [2.45, 2.75) is 19.3 Å². The maximum atomic E-state index is 12.4. The lowest BCUT2D eigenvalue weighted by Crippen LogP contribution is -2.45. The molecule has 148 valence electrons. The van der Waals surface area contributed by atoms with Crippen molar-refractivity contribution in [2.75, 3.05) is 19.6 Å². The first-order valence-corrected chi connectivity index (χ1v) is 9.34. The van der Waals surface area contributed by atoms with E-state index in [2.05, 4.69) is 22.4 Å². The summed E-state index contributed by atoms with van der Waals surface area (Å²) in [5, 5.41) is 2.47. The van der Waals surface area contributed by atoms with E-state index in [-0.39, 0.29) is 18.0 Å². The van der Waals surface area contributed by atoms with Crippen molar-refractivity contribution >= 4 is 11.8 Å². The molecule has 1 aliphatic rings. The quantitative estimate of drug-likeness (QED) is 0.773. The lowest BCUT2D eigenvalue weighted by Gasteiger charge is -2.32. The van der Waals surface area contributed by atoms with Crippen LogP contribution in [0, 0.1) is 5.92 Å². The fraction of sp³-hybridized carbons (Fsp3) is 0.400. The number of benzene rings is 1. The van der Waals surface area contributed by atoms with Crippen molar-refractivity contribution in [1.29, 1.82) is 0 Å². The smallest absolute Gasteiger partial charge is 0.328 e. The third kappa shape index (κ3) is 4.76. The zero-order valence-corrected chi connectivity index (χ0v) is 15.8. The number of nitrogens with zero attached hydrogens (tertiary/aromatic N) is 2. The van der Waals surface area contributed by atoms with E-state index < -0.39 is 17.2 Å². The number of aromatic amines is 1. The highest BCUT2D eigenvalue weighted by Gasteiger charge is 2.23. The van der Waals surface area contributed by atoms with Gasteiger partial charge in [-0.25, -0.2) is 4.79 Å². The first-order valence-electron chi connectivity index (χ1n) is 9.34. The number of aromatic nitrogens is 2. The van der Waals surface area contributed by atoms with Gasteiger partial charge in [0.05, 0.1) is 6.54 Å². The molecule has 1 aromatic heterocycles. The number of hydrogen-bond donors (Lipinski definition) is 2. The molecule has 2 N–H and O–H groups in total. The summed E-state index contributed by atoms with van der Waals surface area (Å²) >= 11 is 0. The molecule has 8 nitrogen and oxygen atoms in total. The van der Waals surface area contributed by atoms with Crippen LogP contribution in [0.2, 0.25) is 0 Å². The highest BCUT2D eigenvalue weighted by molar-refractivity contribution is 5.95. The van der Waals surface area contributed by atoms with Crippen LogP contribution in [0.5, 0.6) is 0 Å². The summed E-state index contributed by atoms with van der Waals surface area (Å²) in [5.74, 6) is -0.304. The molecule has 0 atom stereocenters. The van der Waals surface area contributed by atoms with Crippen LogP contribution in [-0.4, -0.2) is 45.9 Å². The van der Waals surface area contributed by atoms with Crippen LogP contribution in [0.25, 0.3) is 0 Å². The van der Waals surface area contributed by atoms with Gasteiger partial charge in [-0.3, -0.25) is 19.4 Å². The van der Waals surface area contributed by atoms with E-state index in [9.17, 15) is 19.2 Å². The molecule has 1 aromatic carbocycles. The number of nitrogens with one attached hydrogen (secondary N) is 2. The number of piperidine rings is 1. The molecule has 0 aliphatic carbocycles. The fourth-order valence-corrected chi connectivity index (χ4v) is 3.42. The molecule has 0 saturated carbocycles. The van der Waals surface area contributed by atoms with Gasteiger partial charge in [0.1, 0.15) is 5.56 Å². The molecule has 2 aromatic rings. The molecule has 0 bridgehead atoms. The summed E-state index contributed by atoms with van der Waals surface area (Å²) in [5.41, 5.74) is -0.260. The first kappa shape index (κ1) is 19.6. The van der Waals surface area contributed by atoms with Gasteiger partial charge in [-0.1, -0.05) is 30.3 Å². The van der Waals surface area contributed by atoms with Crippen molar-refractivity contribution < 1.29 is 9.59 Å². The van der Waals surface area contributed by atoms with E-state index in [4.69, 9.17) is 0 Å². The number of carbonyl (C=O) groups is 2. The number of H-pyrrole nitrogens is 1. The summed E-state index contributed by atoms with van der Waals surface area (Å²) in [6, 6.07) is 10.3. The summed E-state index contributed by atoms with van der Waals surface area (Å²) in [6.45, 7) is 1.14. The Morgan fingerprint density at radius 3 is 2.50 bits per heavy atom. The molecule has 1 saturated heterocycles. The van der Waals surface area contributed by atoms with Crippen LogP contribution >= 0.6 is 0 Å². The molecule has 1 aliphatic heterocycles. The van der Waals surface area contributed by atoms with Crippen LogP contribution < -0.4 is 16.6 Å². The number of carbonyl (C=O) groups excluding carboxylic acids is 2. The Hall–Kier alpha value is -3.16. The van der Waals surface area contributed by atoms with Gasteiger partial charge < -0.3 is 14.8 Å². The lowest BCUT2D eigenvalue weighted by atomic mass is 9.90. The summed E-state index contributed by atoms with van der Waals surface area (Å²) in [7, 11) is 1.43. The summed E-state index contributed by atoms with van der Waals surface area (Å²) in [6.07, 6.45) is 4.02. The summed E-state index contributed by atoms with van der Waals surface area (Å²) in [4.78, 5) is 51.4. The third-order valence-corrected chi connectivity index (χ3v) is 5.09. The maximum absolute atomic E-state index is 12.4. The Kier molecular flexibility index (Phi) is 6.08. The lowest BCUT2D eigenvalue weighted by molar-refractivity contribution is -0.131. The standard InChI is InChI=1S/C20H24N4O4/c1-23-13-16(19(27)22-20(23)28)18(26)21-12-17(25)24-9-7-15(8-10-24)11-14-5-3-2-4-6-14/h2-6,13,15H,7-12H2,1H3,(H,21,26)(H,22,27,28). The highest BCUT2D eigenvalue weighted by Crippen LogP contribution is 2.21. The second kappa shape index (κ2) is 8.69. The zero-order chi connectivity index (χ0) is 20.1. The van der Waals surface area contributed by atoms with Gasteiger partial charge in [-0.15, -0.1) is 0 Å². The van der Waals surface area contributed by atoms with Crippen LogP contribution in [0.3, 0.4) is 0 Å². The normalized spacial score (nSPS) is 14.7. The van der Waals surface area contributed by atoms with Crippen LogP contribution in [0.4, 0.5) is 0 Å². The molecule has 3 rings (SSSR count). The molecule has 1 fully saturated rings. The van der Waals surface area contributed by atoms with E-state index in [1.165, 1.54) is 12.6 Å². The van der Waals surface area contributed by atoms with E-state index in [0.29, 0.717) is 19.0 Å². The van der Waals surface area contributed by atoms with E-state index in [0.717, 1.165) is 30.0 Å². The Bertz CT molecular complexity index is 956. The molecule has 0 unspecified atom stereocenters. The predicted molar refractivity (Wildman–Crippen MR) is 104 cm³/mol. The Balaban J connectivity index is 1.48. The number of likely N-dealkylation sites (tertiary alicyclic amines) is 1. The third-order valence-electron chi connectivity index (χ3n) is 5.09. The Morgan fingerprint density at radius 2 is 1.82 bits per heavy atom. The molecule has 0 spiro atoms. The number of rotatable bonds is 5. The van der Waals surface area contributed by atoms with Gasteiger partial charge >= 0.3 is 5.69 Å². The average Bonchev–Trinajstić information content (AvgIpc) is 2.70.